The summed E-state index contributed by atoms with van der Waals surface area (Å²) in [5.41, 5.74) is 3.57. The Hall–Kier alpha value is -3.08. The van der Waals surface area contributed by atoms with E-state index in [1.807, 2.05) is 54.8 Å². The summed E-state index contributed by atoms with van der Waals surface area (Å²) in [6.07, 6.45) is 2.45. The number of aromatic hydroxyl groups is 1. The Morgan fingerprint density at radius 3 is 2.60 bits per heavy atom. The number of phenols is 1. The second-order valence-electron chi connectivity index (χ2n) is 5.98. The second-order valence-corrected chi connectivity index (χ2v) is 5.98. The summed E-state index contributed by atoms with van der Waals surface area (Å²) in [6.45, 7) is 4.43. The second kappa shape index (κ2) is 7.21. The number of benzene rings is 1. The molecule has 0 unspecified atom stereocenters. The fraction of sp³-hybridized carbons (Fsp3) is 0.200. The molecule has 0 aliphatic heterocycles. The highest BCUT2D eigenvalue weighted by molar-refractivity contribution is 5.95. The zero-order valence-corrected chi connectivity index (χ0v) is 14.4. The van der Waals surface area contributed by atoms with Crippen molar-refractivity contribution >= 4 is 5.91 Å². The lowest BCUT2D eigenvalue weighted by Gasteiger charge is -2.09. The molecule has 2 aromatic heterocycles. The number of amides is 1. The molecule has 1 aromatic carbocycles. The molecule has 3 rings (SSSR count). The van der Waals surface area contributed by atoms with Crippen molar-refractivity contribution in [2.24, 2.45) is 0 Å². The van der Waals surface area contributed by atoms with Crippen LogP contribution in [0, 0.1) is 13.8 Å². The van der Waals surface area contributed by atoms with Crippen LogP contribution in [0.5, 0.6) is 5.75 Å². The van der Waals surface area contributed by atoms with Crippen LogP contribution in [0.25, 0.3) is 5.82 Å². The molecule has 0 saturated carbocycles. The van der Waals surface area contributed by atoms with Gasteiger partial charge in [0.2, 0.25) is 0 Å². The number of carbonyl (C=O) groups is 1. The highest BCUT2D eigenvalue weighted by atomic mass is 16.3. The number of nitrogens with one attached hydrogen (secondary N) is 1. The van der Waals surface area contributed by atoms with Gasteiger partial charge in [-0.05, 0) is 56.2 Å². The highest BCUT2D eigenvalue weighted by Crippen LogP contribution is 2.19. The summed E-state index contributed by atoms with van der Waals surface area (Å²) in [5.74, 6) is 0.962. The maximum absolute atomic E-state index is 12.5. The molecule has 5 heteroatoms. The van der Waals surface area contributed by atoms with Crippen molar-refractivity contribution < 1.29 is 9.90 Å². The number of pyridine rings is 1. The largest absolute Gasteiger partial charge is 0.508 e. The standard InChI is InChI=1S/C20H21N3O2/c1-14-13-18(15(2)23(14)19-5-3-4-11-21-19)20(25)22-12-10-16-6-8-17(24)9-7-16/h3-9,11,13,24H,10,12H2,1-2H3,(H,22,25). The first-order valence-electron chi connectivity index (χ1n) is 8.22. The Bertz CT molecular complexity index is 868. The molecule has 0 bridgehead atoms. The van der Waals surface area contributed by atoms with E-state index in [9.17, 15) is 9.90 Å². The molecular formula is C20H21N3O2. The molecule has 0 spiro atoms. The Morgan fingerprint density at radius 1 is 1.16 bits per heavy atom. The zero-order valence-electron chi connectivity index (χ0n) is 14.4. The molecule has 5 nitrogen and oxygen atoms in total. The minimum absolute atomic E-state index is 0.0888. The van der Waals surface area contributed by atoms with Gasteiger partial charge in [0.1, 0.15) is 11.6 Å². The first-order chi connectivity index (χ1) is 12.1. The number of phenolic OH excluding ortho intramolecular Hbond substituents is 1. The number of aromatic nitrogens is 2. The van der Waals surface area contributed by atoms with Crippen molar-refractivity contribution in [3.05, 3.63) is 77.2 Å². The topological polar surface area (TPSA) is 67.2 Å². The Balaban J connectivity index is 1.69. The summed E-state index contributed by atoms with van der Waals surface area (Å²) < 4.78 is 1.98. The van der Waals surface area contributed by atoms with Gasteiger partial charge < -0.3 is 15.0 Å². The molecule has 0 radical (unpaired) electrons. The normalized spacial score (nSPS) is 10.6. The Labute approximate surface area is 147 Å². The van der Waals surface area contributed by atoms with E-state index in [1.165, 1.54) is 0 Å². The number of nitrogens with zero attached hydrogens (tertiary/aromatic N) is 2. The van der Waals surface area contributed by atoms with Crippen molar-refractivity contribution in [2.75, 3.05) is 6.54 Å². The summed E-state index contributed by atoms with van der Waals surface area (Å²) in [4.78, 5) is 16.9. The number of rotatable bonds is 5. The predicted octanol–water partition coefficient (Wildman–Crippen LogP) is 3.17. The van der Waals surface area contributed by atoms with Gasteiger partial charge in [-0.2, -0.15) is 0 Å². The fourth-order valence-electron chi connectivity index (χ4n) is 2.91. The van der Waals surface area contributed by atoms with Crippen LogP contribution in [0.1, 0.15) is 27.3 Å². The van der Waals surface area contributed by atoms with Gasteiger partial charge in [0.25, 0.3) is 5.91 Å². The quantitative estimate of drug-likeness (QED) is 0.752. The smallest absolute Gasteiger partial charge is 0.253 e. The lowest BCUT2D eigenvalue weighted by atomic mass is 10.1. The van der Waals surface area contributed by atoms with Crippen LogP contribution in [0.2, 0.25) is 0 Å². The average molecular weight is 335 g/mol. The van der Waals surface area contributed by atoms with Crippen molar-refractivity contribution in [1.82, 2.24) is 14.9 Å². The maximum atomic E-state index is 12.5. The van der Waals surface area contributed by atoms with E-state index < -0.39 is 0 Å². The molecule has 0 fully saturated rings. The molecule has 25 heavy (non-hydrogen) atoms. The van der Waals surface area contributed by atoms with E-state index in [2.05, 4.69) is 10.3 Å². The lowest BCUT2D eigenvalue weighted by molar-refractivity contribution is 0.0953. The van der Waals surface area contributed by atoms with Crippen LogP contribution in [0.15, 0.2) is 54.7 Å². The summed E-state index contributed by atoms with van der Waals surface area (Å²) >= 11 is 0. The van der Waals surface area contributed by atoms with Gasteiger partial charge in [-0.3, -0.25) is 4.79 Å². The van der Waals surface area contributed by atoms with Gasteiger partial charge in [-0.15, -0.1) is 0 Å². The molecule has 2 N–H and O–H groups in total. The van der Waals surface area contributed by atoms with E-state index >= 15 is 0 Å². The van der Waals surface area contributed by atoms with Crippen LogP contribution < -0.4 is 5.32 Å². The third-order valence-corrected chi connectivity index (χ3v) is 4.19. The van der Waals surface area contributed by atoms with Gasteiger partial charge in [-0.1, -0.05) is 18.2 Å². The van der Waals surface area contributed by atoms with E-state index in [4.69, 9.17) is 0 Å². The average Bonchev–Trinajstić information content (AvgIpc) is 2.92. The predicted molar refractivity (Wildman–Crippen MR) is 97.2 cm³/mol. The fourth-order valence-corrected chi connectivity index (χ4v) is 2.91. The van der Waals surface area contributed by atoms with E-state index in [-0.39, 0.29) is 11.7 Å². The Morgan fingerprint density at radius 2 is 1.92 bits per heavy atom. The molecule has 0 saturated heterocycles. The van der Waals surface area contributed by atoms with Crippen molar-refractivity contribution in [1.29, 1.82) is 0 Å². The number of aryl methyl sites for hydroxylation is 1. The van der Waals surface area contributed by atoms with Gasteiger partial charge in [-0.25, -0.2) is 4.98 Å². The molecule has 0 aliphatic carbocycles. The van der Waals surface area contributed by atoms with Crippen LogP contribution in [-0.2, 0) is 6.42 Å². The number of hydrogen-bond donors (Lipinski definition) is 2. The van der Waals surface area contributed by atoms with Gasteiger partial charge in [0, 0.05) is 24.1 Å². The molecule has 2 heterocycles. The van der Waals surface area contributed by atoms with Crippen molar-refractivity contribution in [2.45, 2.75) is 20.3 Å². The molecule has 128 valence electrons. The Kier molecular flexibility index (Phi) is 4.84. The molecule has 0 atom stereocenters. The van der Waals surface area contributed by atoms with Crippen molar-refractivity contribution in [3.63, 3.8) is 0 Å². The van der Waals surface area contributed by atoms with E-state index in [1.54, 1.807) is 18.3 Å². The summed E-state index contributed by atoms with van der Waals surface area (Å²) in [5, 5.41) is 12.3. The van der Waals surface area contributed by atoms with Gasteiger partial charge >= 0.3 is 0 Å². The molecule has 1 amide bonds. The highest BCUT2D eigenvalue weighted by Gasteiger charge is 2.16. The minimum atomic E-state index is -0.0888. The summed E-state index contributed by atoms with van der Waals surface area (Å²) in [7, 11) is 0. The first kappa shape index (κ1) is 16.8. The van der Waals surface area contributed by atoms with Gasteiger partial charge in [0.05, 0.1) is 5.56 Å². The maximum Gasteiger partial charge on any atom is 0.253 e. The van der Waals surface area contributed by atoms with Crippen LogP contribution >= 0.6 is 0 Å². The minimum Gasteiger partial charge on any atom is -0.508 e. The molecule has 0 aliphatic rings. The van der Waals surface area contributed by atoms with Crippen LogP contribution in [0.4, 0.5) is 0 Å². The first-order valence-corrected chi connectivity index (χ1v) is 8.22. The SMILES string of the molecule is Cc1cc(C(=O)NCCc2ccc(O)cc2)c(C)n1-c1ccccn1. The molecule has 3 aromatic rings. The van der Waals surface area contributed by atoms with Crippen molar-refractivity contribution in [3.8, 4) is 11.6 Å². The van der Waals surface area contributed by atoms with Gasteiger partial charge in [0.15, 0.2) is 0 Å². The monoisotopic (exact) mass is 335 g/mol. The third-order valence-electron chi connectivity index (χ3n) is 4.19. The van der Waals surface area contributed by atoms with E-state index in [0.717, 1.165) is 22.8 Å². The van der Waals surface area contributed by atoms with E-state index in [0.29, 0.717) is 18.5 Å². The van der Waals surface area contributed by atoms with Crippen LogP contribution in [-0.4, -0.2) is 27.1 Å². The molecular weight excluding hydrogens is 314 g/mol. The zero-order chi connectivity index (χ0) is 17.8. The number of hydrogen-bond acceptors (Lipinski definition) is 3. The lowest BCUT2D eigenvalue weighted by Crippen LogP contribution is -2.26. The van der Waals surface area contributed by atoms with Crippen LogP contribution in [0.3, 0.4) is 0 Å². The summed E-state index contributed by atoms with van der Waals surface area (Å²) in [6, 6.07) is 14.6. The number of carbonyl (C=O) groups excluding carboxylic acids is 1. The third kappa shape index (κ3) is 3.71.